The molecule has 0 unspecified atom stereocenters. The molecule has 0 fully saturated rings. The molecule has 0 N–H and O–H groups in total. The van der Waals surface area contributed by atoms with E-state index in [0.29, 0.717) is 6.61 Å². The third-order valence-corrected chi connectivity index (χ3v) is 4.00. The average Bonchev–Trinajstić information content (AvgIpc) is 2.42. The zero-order valence-electron chi connectivity index (χ0n) is 14.8. The van der Waals surface area contributed by atoms with Crippen LogP contribution in [0.4, 0.5) is 0 Å². The Morgan fingerprint density at radius 3 is 1.91 bits per heavy atom. The number of hydrogen-bond acceptors (Lipinski definition) is 5. The summed E-state index contributed by atoms with van der Waals surface area (Å²) in [6, 6.07) is 0. The first-order valence-electron chi connectivity index (χ1n) is 8.27. The summed E-state index contributed by atoms with van der Waals surface area (Å²) in [7, 11) is -4.32. The predicted octanol–water partition coefficient (Wildman–Crippen LogP) is 0.961. The second kappa shape index (κ2) is 17.2. The molecule has 0 aromatic heterocycles. The van der Waals surface area contributed by atoms with Crippen molar-refractivity contribution in [3.05, 3.63) is 12.3 Å². The van der Waals surface area contributed by atoms with Crippen LogP contribution < -0.4 is 29.6 Å². The molecule has 0 heterocycles. The Hall–Kier alpha value is 0.410. The number of unbranched alkanes of at least 4 members (excludes halogenated alkanes) is 9. The largest absolute Gasteiger partial charge is 1.00 e. The number of hydrogen-bond donors (Lipinski definition) is 0. The molecule has 0 aromatic rings. The van der Waals surface area contributed by atoms with Crippen molar-refractivity contribution in [1.29, 1.82) is 0 Å². The number of rotatable bonds is 16. The van der Waals surface area contributed by atoms with Gasteiger partial charge in [-0.25, -0.2) is 8.42 Å². The maximum atomic E-state index is 10.4. The molecular weight excluding hydrogens is 327 g/mol. The van der Waals surface area contributed by atoms with E-state index >= 15 is 0 Å². The average molecular weight is 358 g/mol. The molecule has 132 valence electrons. The van der Waals surface area contributed by atoms with Gasteiger partial charge in [-0.15, -0.1) is 0 Å². The van der Waals surface area contributed by atoms with Crippen LogP contribution in [-0.4, -0.2) is 32.1 Å². The van der Waals surface area contributed by atoms with Gasteiger partial charge in [0.1, 0.15) is 15.9 Å². The minimum absolute atomic E-state index is 0. The molecule has 0 rings (SSSR count). The second-order valence-electron chi connectivity index (χ2n) is 5.59. The molecule has 23 heavy (non-hydrogen) atoms. The van der Waals surface area contributed by atoms with Gasteiger partial charge in [-0.05, 0) is 6.42 Å². The normalized spacial score (nSPS) is 11.0. The van der Waals surface area contributed by atoms with Gasteiger partial charge >= 0.3 is 29.6 Å². The van der Waals surface area contributed by atoms with Crippen LogP contribution in [0.5, 0.6) is 0 Å². The van der Waals surface area contributed by atoms with E-state index in [1.54, 1.807) is 0 Å². The SMILES string of the molecule is C=C(CS(=O)(=O)[O-])OCOCCCCCCCCCCCC.[Na+]. The van der Waals surface area contributed by atoms with E-state index in [-0.39, 0.29) is 42.1 Å². The molecule has 0 saturated heterocycles. The molecule has 0 aliphatic carbocycles. The smallest absolute Gasteiger partial charge is 0.748 e. The molecule has 0 atom stereocenters. The summed E-state index contributed by atoms with van der Waals surface area (Å²) in [5, 5.41) is 0. The van der Waals surface area contributed by atoms with E-state index < -0.39 is 15.9 Å². The Balaban J connectivity index is 0. The standard InChI is InChI=1S/C16H32O5S.Na/c1-3-4-5-6-7-8-9-10-11-12-13-20-15-21-16(2)14-22(17,18)19;/h2-15H2,1H3,(H,17,18,19);/q;+1/p-1. The first-order chi connectivity index (χ1) is 10.5. The van der Waals surface area contributed by atoms with Crippen molar-refractivity contribution in [2.75, 3.05) is 19.2 Å². The molecule has 0 bridgehead atoms. The summed E-state index contributed by atoms with van der Waals surface area (Å²) in [4.78, 5) is 0. The van der Waals surface area contributed by atoms with E-state index in [4.69, 9.17) is 9.47 Å². The maximum absolute atomic E-state index is 10.4. The van der Waals surface area contributed by atoms with Crippen molar-refractivity contribution in [3.63, 3.8) is 0 Å². The molecule has 0 amide bonds. The van der Waals surface area contributed by atoms with Crippen LogP contribution in [0, 0.1) is 0 Å². The van der Waals surface area contributed by atoms with Crippen LogP contribution in [0.3, 0.4) is 0 Å². The van der Waals surface area contributed by atoms with Crippen LogP contribution in [0.2, 0.25) is 0 Å². The van der Waals surface area contributed by atoms with Gasteiger partial charge in [-0.2, -0.15) is 0 Å². The number of ether oxygens (including phenoxy) is 2. The fourth-order valence-electron chi connectivity index (χ4n) is 2.11. The third kappa shape index (κ3) is 22.4. The molecule has 0 aliphatic rings. The van der Waals surface area contributed by atoms with E-state index in [9.17, 15) is 13.0 Å². The van der Waals surface area contributed by atoms with Gasteiger partial charge in [-0.3, -0.25) is 0 Å². The summed E-state index contributed by atoms with van der Waals surface area (Å²) in [6.45, 7) is 6.11. The zero-order valence-corrected chi connectivity index (χ0v) is 17.7. The first-order valence-corrected chi connectivity index (χ1v) is 9.85. The van der Waals surface area contributed by atoms with Crippen LogP contribution in [-0.2, 0) is 19.6 Å². The van der Waals surface area contributed by atoms with Crippen molar-refractivity contribution in [3.8, 4) is 0 Å². The summed E-state index contributed by atoms with van der Waals surface area (Å²) in [5.41, 5.74) is 0. The Bertz CT molecular complexity index is 371. The molecule has 0 spiro atoms. The van der Waals surface area contributed by atoms with Gasteiger partial charge in [0.05, 0.1) is 12.4 Å². The van der Waals surface area contributed by atoms with Crippen LogP contribution in [0.1, 0.15) is 71.1 Å². The summed E-state index contributed by atoms with van der Waals surface area (Å²) < 4.78 is 41.4. The predicted molar refractivity (Wildman–Crippen MR) is 87.5 cm³/mol. The quantitative estimate of drug-likeness (QED) is 0.135. The summed E-state index contributed by atoms with van der Waals surface area (Å²) in [6.07, 6.45) is 12.6. The molecule has 0 aliphatic heterocycles. The third-order valence-electron chi connectivity index (χ3n) is 3.33. The van der Waals surface area contributed by atoms with E-state index in [0.717, 1.165) is 12.8 Å². The van der Waals surface area contributed by atoms with Crippen molar-refractivity contribution in [2.24, 2.45) is 0 Å². The maximum Gasteiger partial charge on any atom is 1.00 e. The van der Waals surface area contributed by atoms with E-state index in [2.05, 4.69) is 13.5 Å². The Labute approximate surface area is 164 Å². The molecule has 5 nitrogen and oxygen atoms in total. The van der Waals surface area contributed by atoms with E-state index in [1.165, 1.54) is 51.4 Å². The van der Waals surface area contributed by atoms with Crippen LogP contribution in [0.25, 0.3) is 0 Å². The van der Waals surface area contributed by atoms with Gasteiger partial charge in [0, 0.05) is 0 Å². The van der Waals surface area contributed by atoms with Crippen molar-refractivity contribution in [2.45, 2.75) is 71.1 Å². The molecule has 7 heteroatoms. The van der Waals surface area contributed by atoms with Crippen molar-refractivity contribution < 1.29 is 52.0 Å². The minimum atomic E-state index is -4.32. The van der Waals surface area contributed by atoms with Crippen LogP contribution >= 0.6 is 0 Å². The van der Waals surface area contributed by atoms with Crippen molar-refractivity contribution >= 4 is 10.1 Å². The van der Waals surface area contributed by atoms with Gasteiger partial charge in [-0.1, -0.05) is 71.3 Å². The Morgan fingerprint density at radius 1 is 0.957 bits per heavy atom. The first kappa shape index (κ1) is 25.6. The topological polar surface area (TPSA) is 75.7 Å². The minimum Gasteiger partial charge on any atom is -0.748 e. The Kier molecular flexibility index (Phi) is 19.2. The van der Waals surface area contributed by atoms with Gasteiger partial charge in [0.2, 0.25) is 0 Å². The Morgan fingerprint density at radius 2 is 1.43 bits per heavy atom. The van der Waals surface area contributed by atoms with E-state index in [1.807, 2.05) is 0 Å². The molecule has 0 aromatic carbocycles. The van der Waals surface area contributed by atoms with Crippen molar-refractivity contribution in [1.82, 2.24) is 0 Å². The van der Waals surface area contributed by atoms with Gasteiger partial charge in [0.25, 0.3) is 0 Å². The van der Waals surface area contributed by atoms with Gasteiger partial charge < -0.3 is 14.0 Å². The molecule has 0 saturated carbocycles. The zero-order chi connectivity index (χ0) is 16.7. The van der Waals surface area contributed by atoms with Gasteiger partial charge in [0.15, 0.2) is 6.79 Å². The molecular formula is C16H31NaO5S. The fourth-order valence-corrected chi connectivity index (χ4v) is 2.59. The van der Waals surface area contributed by atoms with Crippen LogP contribution in [0.15, 0.2) is 12.3 Å². The molecule has 0 radical (unpaired) electrons. The summed E-state index contributed by atoms with van der Waals surface area (Å²) in [5.74, 6) is -0.771. The fraction of sp³-hybridized carbons (Fsp3) is 0.875. The second-order valence-corrected chi connectivity index (χ2v) is 7.00. The summed E-state index contributed by atoms with van der Waals surface area (Å²) >= 11 is 0. The monoisotopic (exact) mass is 358 g/mol.